The van der Waals surface area contributed by atoms with Gasteiger partial charge in [-0.05, 0) is 0 Å². The lowest BCUT2D eigenvalue weighted by Gasteiger charge is -1.93. The zero-order valence-corrected chi connectivity index (χ0v) is 5.47. The molecule has 0 aliphatic rings. The van der Waals surface area contributed by atoms with Crippen molar-refractivity contribution in [2.45, 2.75) is 0 Å². The van der Waals surface area contributed by atoms with E-state index in [4.69, 9.17) is 5.11 Å². The molecule has 1 N–H and O–H groups in total. The highest BCUT2D eigenvalue weighted by Crippen LogP contribution is 2.12. The van der Waals surface area contributed by atoms with E-state index in [9.17, 15) is 0 Å². The van der Waals surface area contributed by atoms with Crippen LogP contribution in [0.4, 0.5) is 0 Å². The van der Waals surface area contributed by atoms with Gasteiger partial charge < -0.3 is 5.11 Å². The Labute approximate surface area is 61.8 Å². The summed E-state index contributed by atoms with van der Waals surface area (Å²) in [6.07, 6.45) is 4.23. The lowest BCUT2D eigenvalue weighted by Crippen LogP contribution is -1.87. The van der Waals surface area contributed by atoms with E-state index in [1.54, 1.807) is 0 Å². The fourth-order valence-electron chi connectivity index (χ4n) is 0.782. The fraction of sp³-hybridized carbons (Fsp3) is 0. The average molecular weight is 148 g/mol. The van der Waals surface area contributed by atoms with E-state index in [1.807, 2.05) is 0 Å². The first-order valence-electron chi connectivity index (χ1n) is 2.98. The van der Waals surface area contributed by atoms with Crippen LogP contribution < -0.4 is 0 Å². The Balaban J connectivity index is 2.91. The smallest absolute Gasteiger partial charge is 0.242 e. The molecule has 0 saturated carbocycles. The van der Waals surface area contributed by atoms with Crippen LogP contribution in [-0.2, 0) is 0 Å². The number of aromatic hydroxyl groups is 1. The van der Waals surface area contributed by atoms with Crippen LogP contribution in [0.15, 0.2) is 18.7 Å². The minimum atomic E-state index is -0.136. The molecule has 11 heavy (non-hydrogen) atoms. The Morgan fingerprint density at radius 1 is 1.00 bits per heavy atom. The maximum atomic E-state index is 9.12. The molecule has 0 atom stereocenters. The second-order valence-corrected chi connectivity index (χ2v) is 1.93. The van der Waals surface area contributed by atoms with E-state index in [2.05, 4.69) is 19.9 Å². The van der Waals surface area contributed by atoms with Crippen molar-refractivity contribution in [1.82, 2.24) is 19.9 Å². The highest BCUT2D eigenvalue weighted by Gasteiger charge is 2.00. The predicted molar refractivity (Wildman–Crippen MR) is 36.8 cm³/mol. The molecule has 2 aromatic heterocycles. The molecule has 0 fully saturated rings. The van der Waals surface area contributed by atoms with Crippen LogP contribution >= 0.6 is 0 Å². The molecular weight excluding hydrogens is 144 g/mol. The predicted octanol–water partition coefficient (Wildman–Crippen LogP) is 0.125. The summed E-state index contributed by atoms with van der Waals surface area (Å²) in [5.41, 5.74) is 0.731. The number of nitrogens with zero attached hydrogens (tertiary/aromatic N) is 4. The first-order chi connectivity index (χ1) is 5.38. The molecule has 0 saturated heterocycles. The molecule has 2 rings (SSSR count). The molecule has 5 nitrogen and oxygen atoms in total. The van der Waals surface area contributed by atoms with Gasteiger partial charge in [-0.2, -0.15) is 4.98 Å². The molecule has 0 radical (unpaired) electrons. The van der Waals surface area contributed by atoms with Gasteiger partial charge in [-0.1, -0.05) is 0 Å². The van der Waals surface area contributed by atoms with Gasteiger partial charge >= 0.3 is 0 Å². The summed E-state index contributed by atoms with van der Waals surface area (Å²) in [5.74, 6) is -0.136. The summed E-state index contributed by atoms with van der Waals surface area (Å²) >= 11 is 0. The van der Waals surface area contributed by atoms with Crippen molar-refractivity contribution < 1.29 is 5.11 Å². The topological polar surface area (TPSA) is 71.8 Å². The molecule has 2 aromatic rings. The van der Waals surface area contributed by atoms with Crippen LogP contribution in [0, 0.1) is 0 Å². The molecular formula is C6H4N4O. The third-order valence-electron chi connectivity index (χ3n) is 1.25. The van der Waals surface area contributed by atoms with E-state index in [0.717, 1.165) is 0 Å². The summed E-state index contributed by atoms with van der Waals surface area (Å²) < 4.78 is 0. The highest BCUT2D eigenvalue weighted by molar-refractivity contribution is 5.73. The molecule has 0 unspecified atom stereocenters. The second-order valence-electron chi connectivity index (χ2n) is 1.93. The number of aromatic nitrogens is 4. The van der Waals surface area contributed by atoms with Gasteiger partial charge in [0, 0.05) is 12.4 Å². The molecule has 0 amide bonds. The van der Waals surface area contributed by atoms with Crippen molar-refractivity contribution in [1.29, 1.82) is 0 Å². The van der Waals surface area contributed by atoms with Crippen LogP contribution in [0.25, 0.3) is 11.2 Å². The van der Waals surface area contributed by atoms with Gasteiger partial charge in [0.15, 0.2) is 11.2 Å². The van der Waals surface area contributed by atoms with Crippen molar-refractivity contribution in [3.63, 3.8) is 0 Å². The van der Waals surface area contributed by atoms with Crippen molar-refractivity contribution >= 4 is 11.2 Å². The Kier molecular flexibility index (Phi) is 1.15. The molecule has 0 aliphatic carbocycles. The van der Waals surface area contributed by atoms with Crippen molar-refractivity contribution in [2.75, 3.05) is 0 Å². The number of fused-ring (bicyclic) bond motifs is 1. The maximum absolute atomic E-state index is 9.12. The molecule has 54 valence electrons. The van der Waals surface area contributed by atoms with E-state index in [0.29, 0.717) is 11.2 Å². The third kappa shape index (κ3) is 0.861. The number of hydrogen-bond donors (Lipinski definition) is 1. The Bertz CT molecular complexity index is 384. The van der Waals surface area contributed by atoms with Gasteiger partial charge in [0.25, 0.3) is 0 Å². The second kappa shape index (κ2) is 2.12. The van der Waals surface area contributed by atoms with Gasteiger partial charge in [0.1, 0.15) is 6.33 Å². The quantitative estimate of drug-likeness (QED) is 0.574. The zero-order chi connectivity index (χ0) is 7.68. The van der Waals surface area contributed by atoms with E-state index in [1.165, 1.54) is 18.7 Å². The molecule has 5 heteroatoms. The third-order valence-corrected chi connectivity index (χ3v) is 1.25. The number of hydrogen-bond acceptors (Lipinski definition) is 5. The van der Waals surface area contributed by atoms with Crippen LogP contribution in [0.1, 0.15) is 0 Å². The Morgan fingerprint density at radius 3 is 2.64 bits per heavy atom. The van der Waals surface area contributed by atoms with Crippen molar-refractivity contribution in [3.8, 4) is 5.88 Å². The maximum Gasteiger partial charge on any atom is 0.242 e. The zero-order valence-electron chi connectivity index (χ0n) is 5.47. The van der Waals surface area contributed by atoms with Crippen molar-refractivity contribution in [2.24, 2.45) is 0 Å². The monoisotopic (exact) mass is 148 g/mol. The molecule has 0 spiro atoms. The minimum absolute atomic E-state index is 0.136. The summed E-state index contributed by atoms with van der Waals surface area (Å²) in [6, 6.07) is 0. The summed E-state index contributed by atoms with van der Waals surface area (Å²) in [4.78, 5) is 15.1. The molecule has 0 bridgehead atoms. The molecule has 0 aromatic carbocycles. The van der Waals surface area contributed by atoms with E-state index in [-0.39, 0.29) is 5.88 Å². The van der Waals surface area contributed by atoms with Gasteiger partial charge in [0.2, 0.25) is 5.88 Å². The van der Waals surface area contributed by atoms with Gasteiger partial charge in [-0.25, -0.2) is 15.0 Å². The van der Waals surface area contributed by atoms with E-state index >= 15 is 0 Å². The van der Waals surface area contributed by atoms with Crippen LogP contribution in [0.2, 0.25) is 0 Å². The number of rotatable bonds is 0. The van der Waals surface area contributed by atoms with E-state index < -0.39 is 0 Å². The molecule has 0 aliphatic heterocycles. The Morgan fingerprint density at radius 2 is 1.82 bits per heavy atom. The van der Waals surface area contributed by atoms with Crippen LogP contribution in [0.5, 0.6) is 5.88 Å². The summed E-state index contributed by atoms with van der Waals surface area (Å²) in [7, 11) is 0. The summed E-state index contributed by atoms with van der Waals surface area (Å²) in [6.45, 7) is 0. The van der Waals surface area contributed by atoms with Gasteiger partial charge in [0.05, 0.1) is 0 Å². The molecule has 2 heterocycles. The van der Waals surface area contributed by atoms with Crippen LogP contribution in [-0.4, -0.2) is 25.0 Å². The fourth-order valence-corrected chi connectivity index (χ4v) is 0.782. The summed E-state index contributed by atoms with van der Waals surface area (Å²) in [5, 5.41) is 9.12. The SMILES string of the molecule is Oc1ncnc2nccnc12. The lowest BCUT2D eigenvalue weighted by atomic mass is 10.5. The Hall–Kier alpha value is -1.78. The first-order valence-corrected chi connectivity index (χ1v) is 2.98. The highest BCUT2D eigenvalue weighted by atomic mass is 16.3. The first kappa shape index (κ1) is 5.96. The van der Waals surface area contributed by atoms with Gasteiger partial charge in [-0.15, -0.1) is 0 Å². The standard InChI is InChI=1S/C6H4N4O/c11-6-4-5(9-3-10-6)8-2-1-7-4/h1-3H,(H,8,9,10,11). The van der Waals surface area contributed by atoms with Gasteiger partial charge in [-0.3, -0.25) is 0 Å². The lowest BCUT2D eigenvalue weighted by molar-refractivity contribution is 0.457. The normalized spacial score (nSPS) is 10.2. The minimum Gasteiger partial charge on any atom is -0.492 e. The van der Waals surface area contributed by atoms with Crippen molar-refractivity contribution in [3.05, 3.63) is 18.7 Å². The van der Waals surface area contributed by atoms with Crippen LogP contribution in [0.3, 0.4) is 0 Å². The largest absolute Gasteiger partial charge is 0.492 e. The average Bonchev–Trinajstić information content (AvgIpc) is 2.06.